The Balaban J connectivity index is 1.61. The van der Waals surface area contributed by atoms with Gasteiger partial charge in [-0.1, -0.05) is 18.2 Å². The van der Waals surface area contributed by atoms with Gasteiger partial charge in [0.05, 0.1) is 25.6 Å². The minimum atomic E-state index is -0.0603. The van der Waals surface area contributed by atoms with E-state index >= 15 is 0 Å². The number of anilines is 1. The molecule has 0 fully saturated rings. The van der Waals surface area contributed by atoms with E-state index in [0.717, 1.165) is 27.6 Å². The molecule has 1 heterocycles. The standard InChI is InChI=1S/C21H22N2O3S/c1-14-7-9-19(26-3)18(11-14)23-20(24)10-8-16-13-27-21(22-16)15-5-4-6-17(12-15)25-2/h4-7,9,11-13H,8,10H2,1-3H3,(H,23,24). The van der Waals surface area contributed by atoms with Gasteiger partial charge in [0, 0.05) is 17.4 Å². The number of carbonyl (C=O) groups is 1. The van der Waals surface area contributed by atoms with Gasteiger partial charge in [0.25, 0.3) is 0 Å². The van der Waals surface area contributed by atoms with Gasteiger partial charge in [-0.05, 0) is 43.2 Å². The van der Waals surface area contributed by atoms with Crippen LogP contribution in [0.1, 0.15) is 17.7 Å². The molecule has 0 unspecified atom stereocenters. The summed E-state index contributed by atoms with van der Waals surface area (Å²) in [5, 5.41) is 5.84. The molecule has 0 saturated carbocycles. The summed E-state index contributed by atoms with van der Waals surface area (Å²) in [7, 11) is 3.24. The third kappa shape index (κ3) is 4.86. The largest absolute Gasteiger partial charge is 0.497 e. The first kappa shape index (κ1) is 18.9. The lowest BCUT2D eigenvalue weighted by Gasteiger charge is -2.10. The maximum Gasteiger partial charge on any atom is 0.224 e. The molecule has 0 saturated heterocycles. The van der Waals surface area contributed by atoms with Crippen LogP contribution in [-0.4, -0.2) is 25.1 Å². The van der Waals surface area contributed by atoms with E-state index in [1.165, 1.54) is 0 Å². The molecule has 3 aromatic rings. The van der Waals surface area contributed by atoms with E-state index < -0.39 is 0 Å². The average molecular weight is 382 g/mol. The van der Waals surface area contributed by atoms with Crippen LogP contribution in [0.5, 0.6) is 11.5 Å². The highest BCUT2D eigenvalue weighted by molar-refractivity contribution is 7.13. The second kappa shape index (κ2) is 8.68. The number of ether oxygens (including phenoxy) is 2. The second-order valence-corrected chi connectivity index (χ2v) is 6.99. The summed E-state index contributed by atoms with van der Waals surface area (Å²) < 4.78 is 10.6. The van der Waals surface area contributed by atoms with Crippen LogP contribution in [0, 0.1) is 6.92 Å². The fraction of sp³-hybridized carbons (Fsp3) is 0.238. The lowest BCUT2D eigenvalue weighted by Crippen LogP contribution is -2.13. The lowest BCUT2D eigenvalue weighted by molar-refractivity contribution is -0.116. The fourth-order valence-electron chi connectivity index (χ4n) is 2.68. The highest BCUT2D eigenvalue weighted by Crippen LogP contribution is 2.28. The van der Waals surface area contributed by atoms with Crippen molar-refractivity contribution in [3.63, 3.8) is 0 Å². The summed E-state index contributed by atoms with van der Waals surface area (Å²) in [5.74, 6) is 1.40. The summed E-state index contributed by atoms with van der Waals surface area (Å²) in [6, 6.07) is 13.5. The number of rotatable bonds is 7. The molecule has 0 aliphatic carbocycles. The van der Waals surface area contributed by atoms with Crippen molar-refractivity contribution in [2.24, 2.45) is 0 Å². The molecular weight excluding hydrogens is 360 g/mol. The molecule has 0 aliphatic heterocycles. The van der Waals surface area contributed by atoms with Crippen molar-refractivity contribution in [2.75, 3.05) is 19.5 Å². The van der Waals surface area contributed by atoms with E-state index in [1.54, 1.807) is 25.6 Å². The van der Waals surface area contributed by atoms with Crippen molar-refractivity contribution >= 4 is 22.9 Å². The fourth-order valence-corrected chi connectivity index (χ4v) is 3.54. The molecule has 2 aromatic carbocycles. The van der Waals surface area contributed by atoms with Crippen molar-refractivity contribution < 1.29 is 14.3 Å². The van der Waals surface area contributed by atoms with E-state index in [-0.39, 0.29) is 5.91 Å². The molecule has 27 heavy (non-hydrogen) atoms. The van der Waals surface area contributed by atoms with Gasteiger partial charge in [0.1, 0.15) is 16.5 Å². The van der Waals surface area contributed by atoms with Crippen molar-refractivity contribution in [3.8, 4) is 22.1 Å². The maximum atomic E-state index is 12.3. The van der Waals surface area contributed by atoms with Crippen molar-refractivity contribution in [1.82, 2.24) is 4.98 Å². The van der Waals surface area contributed by atoms with Crippen LogP contribution in [0.2, 0.25) is 0 Å². The Kier molecular flexibility index (Phi) is 6.08. The molecule has 1 N–H and O–H groups in total. The Morgan fingerprint density at radius 3 is 2.78 bits per heavy atom. The summed E-state index contributed by atoms with van der Waals surface area (Å²) in [6.07, 6.45) is 0.943. The number of hydrogen-bond donors (Lipinski definition) is 1. The Bertz CT molecular complexity index is 937. The first-order chi connectivity index (χ1) is 13.1. The number of nitrogens with zero attached hydrogens (tertiary/aromatic N) is 1. The zero-order valence-electron chi connectivity index (χ0n) is 15.6. The van der Waals surface area contributed by atoms with Crippen molar-refractivity contribution in [2.45, 2.75) is 19.8 Å². The van der Waals surface area contributed by atoms with Crippen LogP contribution < -0.4 is 14.8 Å². The Hall–Kier alpha value is -2.86. The van der Waals surface area contributed by atoms with E-state index in [0.29, 0.717) is 24.3 Å². The molecule has 3 rings (SSSR count). The number of hydrogen-bond acceptors (Lipinski definition) is 5. The number of amides is 1. The predicted molar refractivity (Wildman–Crippen MR) is 109 cm³/mol. The first-order valence-electron chi connectivity index (χ1n) is 8.62. The molecule has 1 aromatic heterocycles. The number of thiazole rings is 1. The monoisotopic (exact) mass is 382 g/mol. The van der Waals surface area contributed by atoms with E-state index in [2.05, 4.69) is 10.3 Å². The summed E-state index contributed by atoms with van der Waals surface area (Å²) in [4.78, 5) is 17.0. The Labute approximate surface area is 163 Å². The third-order valence-electron chi connectivity index (χ3n) is 4.11. The molecule has 0 aliphatic rings. The van der Waals surface area contributed by atoms with Gasteiger partial charge in [0.2, 0.25) is 5.91 Å². The number of aryl methyl sites for hydroxylation is 2. The van der Waals surface area contributed by atoms with E-state index in [9.17, 15) is 4.79 Å². The summed E-state index contributed by atoms with van der Waals surface area (Å²) in [5.41, 5.74) is 3.68. The van der Waals surface area contributed by atoms with Crippen LogP contribution in [0.3, 0.4) is 0 Å². The van der Waals surface area contributed by atoms with Gasteiger partial charge in [-0.15, -0.1) is 11.3 Å². The quantitative estimate of drug-likeness (QED) is 0.643. The molecule has 0 radical (unpaired) electrons. The van der Waals surface area contributed by atoms with Crippen molar-refractivity contribution in [1.29, 1.82) is 0 Å². The van der Waals surface area contributed by atoms with Gasteiger partial charge >= 0.3 is 0 Å². The highest BCUT2D eigenvalue weighted by Gasteiger charge is 2.10. The topological polar surface area (TPSA) is 60.5 Å². The predicted octanol–water partition coefficient (Wildman–Crippen LogP) is 4.71. The number of nitrogens with one attached hydrogen (secondary N) is 1. The lowest BCUT2D eigenvalue weighted by atomic mass is 10.2. The zero-order chi connectivity index (χ0) is 19.2. The number of methoxy groups -OCH3 is 2. The number of benzene rings is 2. The Morgan fingerprint density at radius 1 is 1.15 bits per heavy atom. The van der Waals surface area contributed by atoms with Crippen LogP contribution in [0.25, 0.3) is 10.6 Å². The molecule has 1 amide bonds. The molecule has 6 heteroatoms. The molecule has 5 nitrogen and oxygen atoms in total. The molecule has 140 valence electrons. The second-order valence-electron chi connectivity index (χ2n) is 6.13. The molecule has 0 bridgehead atoms. The van der Waals surface area contributed by atoms with Crippen LogP contribution in [-0.2, 0) is 11.2 Å². The normalized spacial score (nSPS) is 10.5. The van der Waals surface area contributed by atoms with Gasteiger partial charge in [-0.3, -0.25) is 4.79 Å². The summed E-state index contributed by atoms with van der Waals surface area (Å²) in [6.45, 7) is 1.98. The minimum Gasteiger partial charge on any atom is -0.497 e. The van der Waals surface area contributed by atoms with E-state index in [4.69, 9.17) is 9.47 Å². The van der Waals surface area contributed by atoms with Crippen LogP contribution in [0.4, 0.5) is 5.69 Å². The summed E-state index contributed by atoms with van der Waals surface area (Å²) >= 11 is 1.57. The van der Waals surface area contributed by atoms with Gasteiger partial charge in [0.15, 0.2) is 0 Å². The number of aromatic nitrogens is 1. The van der Waals surface area contributed by atoms with Crippen LogP contribution >= 0.6 is 11.3 Å². The SMILES string of the molecule is COc1cccc(-c2nc(CCC(=O)Nc3cc(C)ccc3OC)cs2)c1. The van der Waals surface area contributed by atoms with Gasteiger partial charge < -0.3 is 14.8 Å². The van der Waals surface area contributed by atoms with Gasteiger partial charge in [-0.2, -0.15) is 0 Å². The third-order valence-corrected chi connectivity index (χ3v) is 5.05. The maximum absolute atomic E-state index is 12.3. The van der Waals surface area contributed by atoms with Crippen LogP contribution in [0.15, 0.2) is 47.8 Å². The molecular formula is C21H22N2O3S. The van der Waals surface area contributed by atoms with E-state index in [1.807, 2.05) is 54.8 Å². The highest BCUT2D eigenvalue weighted by atomic mass is 32.1. The first-order valence-corrected chi connectivity index (χ1v) is 9.50. The Morgan fingerprint density at radius 2 is 2.00 bits per heavy atom. The van der Waals surface area contributed by atoms with Gasteiger partial charge in [-0.25, -0.2) is 4.98 Å². The minimum absolute atomic E-state index is 0.0603. The average Bonchev–Trinajstić information content (AvgIpc) is 3.16. The number of carbonyl (C=O) groups excluding carboxylic acids is 1. The molecule has 0 spiro atoms. The zero-order valence-corrected chi connectivity index (χ0v) is 16.4. The molecule has 0 atom stereocenters. The smallest absolute Gasteiger partial charge is 0.224 e. The van der Waals surface area contributed by atoms with Crippen molar-refractivity contribution in [3.05, 3.63) is 59.1 Å².